The number of aromatic nitrogens is 2. The van der Waals surface area contributed by atoms with E-state index in [1.165, 1.54) is 6.92 Å². The van der Waals surface area contributed by atoms with Crippen molar-refractivity contribution < 1.29 is 9.59 Å². The molecule has 0 unspecified atom stereocenters. The van der Waals surface area contributed by atoms with E-state index in [2.05, 4.69) is 14.9 Å². The molecule has 0 radical (unpaired) electrons. The Hall–Kier alpha value is -1.50. The predicted molar refractivity (Wildman–Crippen MR) is 42.7 cm³/mol. The van der Waals surface area contributed by atoms with Crippen LogP contribution in [-0.4, -0.2) is 21.4 Å². The van der Waals surface area contributed by atoms with Gasteiger partial charge in [-0.05, 0) is 0 Å². The van der Waals surface area contributed by atoms with E-state index in [1.54, 1.807) is 0 Å². The molecule has 0 aliphatic heterocycles. The van der Waals surface area contributed by atoms with Crippen LogP contribution in [0.3, 0.4) is 0 Å². The second-order valence-electron chi connectivity index (χ2n) is 2.00. The van der Waals surface area contributed by atoms with Gasteiger partial charge in [0.2, 0.25) is 5.91 Å². The van der Waals surface area contributed by atoms with Gasteiger partial charge in [-0.1, -0.05) is 4.49 Å². The molecule has 1 heterocycles. The molecule has 12 heavy (non-hydrogen) atoms. The van der Waals surface area contributed by atoms with Gasteiger partial charge in [0.15, 0.2) is 5.69 Å². The van der Waals surface area contributed by atoms with Crippen molar-refractivity contribution in [2.24, 2.45) is 5.73 Å². The normalized spacial score (nSPS) is 9.42. The van der Waals surface area contributed by atoms with Gasteiger partial charge < -0.3 is 11.1 Å². The molecule has 0 spiro atoms. The highest BCUT2D eigenvalue weighted by molar-refractivity contribution is 7.10. The van der Waals surface area contributed by atoms with Gasteiger partial charge in [0.05, 0.1) is 0 Å². The summed E-state index contributed by atoms with van der Waals surface area (Å²) < 4.78 is 3.47. The van der Waals surface area contributed by atoms with Gasteiger partial charge in [-0.25, -0.2) is 0 Å². The number of nitrogens with two attached hydrogens (primary N) is 1. The van der Waals surface area contributed by atoms with Crippen molar-refractivity contribution in [2.45, 2.75) is 6.92 Å². The van der Waals surface area contributed by atoms with E-state index in [9.17, 15) is 9.59 Å². The smallest absolute Gasteiger partial charge is 0.272 e. The van der Waals surface area contributed by atoms with E-state index in [0.717, 1.165) is 11.5 Å². The molecule has 1 aromatic rings. The van der Waals surface area contributed by atoms with Crippen LogP contribution < -0.4 is 11.1 Å². The van der Waals surface area contributed by atoms with E-state index >= 15 is 0 Å². The lowest BCUT2D eigenvalue weighted by Gasteiger charge is -1.95. The summed E-state index contributed by atoms with van der Waals surface area (Å²) in [4.78, 5) is 21.2. The summed E-state index contributed by atoms with van der Waals surface area (Å²) in [5.74, 6) is -0.990. The fourth-order valence-corrected chi connectivity index (χ4v) is 1.22. The van der Waals surface area contributed by atoms with Gasteiger partial charge >= 0.3 is 0 Å². The third-order valence-electron chi connectivity index (χ3n) is 1.01. The average Bonchev–Trinajstić information content (AvgIpc) is 2.33. The largest absolute Gasteiger partial charge is 0.364 e. The molecule has 0 fully saturated rings. The van der Waals surface area contributed by atoms with Gasteiger partial charge in [0, 0.05) is 18.5 Å². The number of carbonyl (C=O) groups is 2. The molecule has 0 saturated heterocycles. The van der Waals surface area contributed by atoms with Crippen molar-refractivity contribution in [3.8, 4) is 0 Å². The number of anilines is 1. The standard InChI is InChI=1S/C5H6N4O2S/c1-2(10)7-5-3(4(6)11)8-9-12-5/h1H3,(H2,6,11)(H,7,10). The molecule has 64 valence electrons. The van der Waals surface area contributed by atoms with Gasteiger partial charge in [-0.15, -0.1) is 5.10 Å². The highest BCUT2D eigenvalue weighted by Gasteiger charge is 2.13. The molecular formula is C5H6N4O2S. The molecule has 7 heteroatoms. The number of rotatable bonds is 2. The highest BCUT2D eigenvalue weighted by Crippen LogP contribution is 2.16. The van der Waals surface area contributed by atoms with Crippen molar-refractivity contribution in [3.05, 3.63) is 5.69 Å². The molecule has 0 aliphatic rings. The number of carbonyl (C=O) groups excluding carboxylic acids is 2. The topological polar surface area (TPSA) is 98.0 Å². The maximum Gasteiger partial charge on any atom is 0.272 e. The van der Waals surface area contributed by atoms with E-state index in [0.29, 0.717) is 0 Å². The minimum absolute atomic E-state index is 0.00444. The quantitative estimate of drug-likeness (QED) is 0.656. The molecule has 0 atom stereocenters. The third kappa shape index (κ3) is 1.76. The number of nitrogens with zero attached hydrogens (tertiary/aromatic N) is 2. The van der Waals surface area contributed by atoms with Crippen LogP contribution in [0, 0.1) is 0 Å². The Kier molecular flexibility index (Phi) is 2.34. The maximum absolute atomic E-state index is 10.6. The summed E-state index contributed by atoms with van der Waals surface area (Å²) >= 11 is 0.912. The van der Waals surface area contributed by atoms with Crippen molar-refractivity contribution in [1.82, 2.24) is 9.59 Å². The second-order valence-corrected chi connectivity index (χ2v) is 2.75. The number of hydrogen-bond donors (Lipinski definition) is 2. The third-order valence-corrected chi connectivity index (χ3v) is 1.65. The number of amides is 2. The van der Waals surface area contributed by atoms with Crippen molar-refractivity contribution >= 4 is 28.3 Å². The molecule has 2 amide bonds. The van der Waals surface area contributed by atoms with Gasteiger partial charge in [0.25, 0.3) is 5.91 Å². The van der Waals surface area contributed by atoms with Crippen molar-refractivity contribution in [2.75, 3.05) is 5.32 Å². The monoisotopic (exact) mass is 186 g/mol. The Morgan fingerprint density at radius 2 is 2.25 bits per heavy atom. The second kappa shape index (κ2) is 3.26. The first kappa shape index (κ1) is 8.60. The molecular weight excluding hydrogens is 180 g/mol. The highest BCUT2D eigenvalue weighted by atomic mass is 32.1. The number of primary amides is 1. The molecule has 0 aliphatic carbocycles. The lowest BCUT2D eigenvalue weighted by atomic mass is 10.4. The number of hydrogen-bond acceptors (Lipinski definition) is 5. The van der Waals surface area contributed by atoms with Crippen LogP contribution in [0.2, 0.25) is 0 Å². The summed E-state index contributed by atoms with van der Waals surface area (Å²) in [6.45, 7) is 1.32. The first-order chi connectivity index (χ1) is 5.61. The molecule has 3 N–H and O–H groups in total. The van der Waals surface area contributed by atoms with E-state index in [-0.39, 0.29) is 16.6 Å². The fraction of sp³-hybridized carbons (Fsp3) is 0.200. The van der Waals surface area contributed by atoms with E-state index in [4.69, 9.17) is 5.73 Å². The summed E-state index contributed by atoms with van der Waals surface area (Å²) in [5.41, 5.74) is 4.94. The lowest BCUT2D eigenvalue weighted by molar-refractivity contribution is -0.114. The van der Waals surface area contributed by atoms with Crippen LogP contribution in [-0.2, 0) is 4.79 Å². The van der Waals surface area contributed by atoms with Gasteiger partial charge in [-0.2, -0.15) is 0 Å². The first-order valence-corrected chi connectivity index (χ1v) is 3.78. The molecule has 0 aromatic carbocycles. The van der Waals surface area contributed by atoms with Crippen LogP contribution in [0.5, 0.6) is 0 Å². The van der Waals surface area contributed by atoms with Crippen LogP contribution in [0.4, 0.5) is 5.00 Å². The van der Waals surface area contributed by atoms with E-state index < -0.39 is 5.91 Å². The SMILES string of the molecule is CC(=O)Nc1snnc1C(N)=O. The molecule has 1 rings (SSSR count). The van der Waals surface area contributed by atoms with E-state index in [1.807, 2.05) is 0 Å². The zero-order chi connectivity index (χ0) is 9.14. The summed E-state index contributed by atoms with van der Waals surface area (Å²) in [5, 5.41) is 6.12. The van der Waals surface area contributed by atoms with Gasteiger partial charge in [0.1, 0.15) is 5.00 Å². The van der Waals surface area contributed by atoms with Crippen molar-refractivity contribution in [3.63, 3.8) is 0 Å². The molecule has 0 bridgehead atoms. The zero-order valence-corrected chi connectivity index (χ0v) is 7.01. The van der Waals surface area contributed by atoms with Crippen LogP contribution in [0.15, 0.2) is 0 Å². The Morgan fingerprint density at radius 3 is 2.75 bits per heavy atom. The van der Waals surface area contributed by atoms with Crippen LogP contribution in [0.25, 0.3) is 0 Å². The summed E-state index contributed by atoms with van der Waals surface area (Å²) in [6.07, 6.45) is 0. The van der Waals surface area contributed by atoms with Crippen molar-refractivity contribution in [1.29, 1.82) is 0 Å². The molecule has 0 saturated carbocycles. The lowest BCUT2D eigenvalue weighted by Crippen LogP contribution is -2.15. The minimum atomic E-state index is -0.701. The first-order valence-electron chi connectivity index (χ1n) is 3.01. The fourth-order valence-electron chi connectivity index (χ4n) is 0.594. The van der Waals surface area contributed by atoms with Crippen LogP contribution >= 0.6 is 11.5 Å². The minimum Gasteiger partial charge on any atom is -0.364 e. The van der Waals surface area contributed by atoms with Gasteiger partial charge in [-0.3, -0.25) is 9.59 Å². The Labute approximate surface area is 71.9 Å². The number of nitrogens with one attached hydrogen (secondary N) is 1. The molecule has 1 aromatic heterocycles. The maximum atomic E-state index is 10.6. The Bertz CT molecular complexity index is 321. The Morgan fingerprint density at radius 1 is 1.58 bits per heavy atom. The summed E-state index contributed by atoms with van der Waals surface area (Å²) in [7, 11) is 0. The predicted octanol–water partition coefficient (Wildman–Crippen LogP) is -0.405. The zero-order valence-electron chi connectivity index (χ0n) is 6.20. The van der Waals surface area contributed by atoms with Crippen LogP contribution in [0.1, 0.15) is 17.4 Å². The average molecular weight is 186 g/mol. The Balaban J connectivity index is 2.91. The molecule has 6 nitrogen and oxygen atoms in total. The summed E-state index contributed by atoms with van der Waals surface area (Å²) in [6, 6.07) is 0.